The Morgan fingerprint density at radius 1 is 1.26 bits per heavy atom. The highest BCUT2D eigenvalue weighted by atomic mass is 19.1. The van der Waals surface area contributed by atoms with Gasteiger partial charge in [0.05, 0.1) is 5.56 Å². The Labute approximate surface area is 109 Å². The molecule has 3 rings (SSSR count). The number of rotatable bonds is 1. The molecular formula is C14H11FN4. The zero-order valence-electron chi connectivity index (χ0n) is 10.1. The number of nitrogen functional groups attached to an aromatic ring is 1. The minimum atomic E-state index is -0.260. The van der Waals surface area contributed by atoms with E-state index in [-0.39, 0.29) is 11.6 Å². The first-order chi connectivity index (χ1) is 9.19. The maximum atomic E-state index is 12.9. The molecule has 1 aromatic heterocycles. The van der Waals surface area contributed by atoms with Gasteiger partial charge in [-0.25, -0.2) is 9.37 Å². The Bertz CT molecular complexity index is 673. The number of aromatic nitrogens is 1. The van der Waals surface area contributed by atoms with Gasteiger partial charge in [-0.2, -0.15) is 5.26 Å². The van der Waals surface area contributed by atoms with E-state index in [4.69, 9.17) is 11.0 Å². The molecule has 1 aliphatic heterocycles. The van der Waals surface area contributed by atoms with Gasteiger partial charge in [0.25, 0.3) is 0 Å². The average molecular weight is 254 g/mol. The number of hydrogen-bond donors (Lipinski definition) is 1. The Kier molecular flexibility index (Phi) is 2.57. The summed E-state index contributed by atoms with van der Waals surface area (Å²) in [5.41, 5.74) is 8.98. The molecule has 0 fully saturated rings. The van der Waals surface area contributed by atoms with E-state index in [9.17, 15) is 4.39 Å². The molecule has 1 aromatic carbocycles. The molecule has 5 heteroatoms. The minimum absolute atomic E-state index is 0.260. The maximum Gasteiger partial charge on any atom is 0.141 e. The lowest BCUT2D eigenvalue weighted by Crippen LogP contribution is -2.14. The normalized spacial score (nSPS) is 13.2. The number of hydrogen-bond acceptors (Lipinski definition) is 4. The van der Waals surface area contributed by atoms with Crippen LogP contribution in [0.3, 0.4) is 0 Å². The summed E-state index contributed by atoms with van der Waals surface area (Å²) in [6.07, 6.45) is 1.70. The Morgan fingerprint density at radius 3 is 2.68 bits per heavy atom. The third kappa shape index (κ3) is 1.87. The van der Waals surface area contributed by atoms with Crippen molar-refractivity contribution in [2.75, 3.05) is 10.6 Å². The van der Waals surface area contributed by atoms with Crippen LogP contribution in [0.1, 0.15) is 16.7 Å². The second-order valence-electron chi connectivity index (χ2n) is 4.47. The largest absolute Gasteiger partial charge is 0.383 e. The molecule has 2 aromatic rings. The first-order valence-electron chi connectivity index (χ1n) is 5.86. The van der Waals surface area contributed by atoms with Crippen molar-refractivity contribution >= 4 is 11.5 Å². The molecule has 19 heavy (non-hydrogen) atoms. The van der Waals surface area contributed by atoms with Crippen molar-refractivity contribution in [3.05, 3.63) is 53.0 Å². The maximum absolute atomic E-state index is 12.9. The first kappa shape index (κ1) is 11.5. The lowest BCUT2D eigenvalue weighted by molar-refractivity contribution is 0.627. The highest BCUT2D eigenvalue weighted by Crippen LogP contribution is 2.31. The molecule has 0 aliphatic carbocycles. The van der Waals surface area contributed by atoms with Crippen LogP contribution in [0.5, 0.6) is 0 Å². The van der Waals surface area contributed by atoms with Gasteiger partial charge in [0.1, 0.15) is 17.7 Å². The molecule has 4 nitrogen and oxygen atoms in total. The molecule has 1 aliphatic rings. The molecule has 0 saturated heterocycles. The van der Waals surface area contributed by atoms with E-state index in [1.165, 1.54) is 12.1 Å². The lowest BCUT2D eigenvalue weighted by atomic mass is 10.1. The lowest BCUT2D eigenvalue weighted by Gasteiger charge is -2.17. The number of anilines is 2. The summed E-state index contributed by atoms with van der Waals surface area (Å²) < 4.78 is 12.9. The highest BCUT2D eigenvalue weighted by molar-refractivity contribution is 5.60. The SMILES string of the molecule is N#Cc1c(N)ncc2c1CN(c1ccc(F)cc1)C2. The van der Waals surface area contributed by atoms with E-state index in [1.807, 2.05) is 0 Å². The molecule has 0 amide bonds. The number of nitriles is 1. The second-order valence-corrected chi connectivity index (χ2v) is 4.47. The van der Waals surface area contributed by atoms with Crippen LogP contribution in [0, 0.1) is 17.1 Å². The van der Waals surface area contributed by atoms with Crippen LogP contribution in [-0.4, -0.2) is 4.98 Å². The van der Waals surface area contributed by atoms with Crippen LogP contribution in [-0.2, 0) is 13.1 Å². The van der Waals surface area contributed by atoms with Crippen molar-refractivity contribution in [2.45, 2.75) is 13.1 Å². The van der Waals surface area contributed by atoms with E-state index in [1.54, 1.807) is 18.3 Å². The summed E-state index contributed by atoms with van der Waals surface area (Å²) >= 11 is 0. The molecule has 2 heterocycles. The van der Waals surface area contributed by atoms with E-state index < -0.39 is 0 Å². The fourth-order valence-corrected chi connectivity index (χ4v) is 2.33. The highest BCUT2D eigenvalue weighted by Gasteiger charge is 2.24. The summed E-state index contributed by atoms with van der Waals surface area (Å²) in [4.78, 5) is 6.09. The molecule has 0 bridgehead atoms. The quantitative estimate of drug-likeness (QED) is 0.847. The number of nitrogens with zero attached hydrogens (tertiary/aromatic N) is 3. The second kappa shape index (κ2) is 4.25. The summed E-state index contributed by atoms with van der Waals surface area (Å²) in [6.45, 7) is 1.25. The van der Waals surface area contributed by atoms with Crippen molar-refractivity contribution in [2.24, 2.45) is 0 Å². The number of nitrogens with two attached hydrogens (primary N) is 1. The van der Waals surface area contributed by atoms with Crippen molar-refractivity contribution in [1.29, 1.82) is 5.26 Å². The van der Waals surface area contributed by atoms with E-state index in [2.05, 4.69) is 16.0 Å². The smallest absolute Gasteiger partial charge is 0.141 e. The fourth-order valence-electron chi connectivity index (χ4n) is 2.33. The molecule has 2 N–H and O–H groups in total. The van der Waals surface area contributed by atoms with Crippen LogP contribution in [0.15, 0.2) is 30.5 Å². The van der Waals surface area contributed by atoms with Crippen LogP contribution < -0.4 is 10.6 Å². The third-order valence-electron chi connectivity index (χ3n) is 3.32. The van der Waals surface area contributed by atoms with Gasteiger partial charge in [0, 0.05) is 25.0 Å². The first-order valence-corrected chi connectivity index (χ1v) is 5.86. The summed E-state index contributed by atoms with van der Waals surface area (Å²) in [6, 6.07) is 8.41. The fraction of sp³-hybridized carbons (Fsp3) is 0.143. The zero-order chi connectivity index (χ0) is 13.4. The number of pyridine rings is 1. The van der Waals surface area contributed by atoms with Crippen molar-refractivity contribution in [3.8, 4) is 6.07 Å². The Balaban J connectivity index is 1.97. The van der Waals surface area contributed by atoms with Gasteiger partial charge in [-0.3, -0.25) is 0 Å². The Morgan fingerprint density at radius 2 is 2.00 bits per heavy atom. The zero-order valence-corrected chi connectivity index (χ0v) is 10.1. The molecule has 0 unspecified atom stereocenters. The molecule has 0 radical (unpaired) electrons. The topological polar surface area (TPSA) is 65.9 Å². The van der Waals surface area contributed by atoms with Gasteiger partial charge in [-0.1, -0.05) is 0 Å². The monoisotopic (exact) mass is 254 g/mol. The standard InChI is InChI=1S/C14H11FN4/c15-10-1-3-11(4-2-10)19-7-9-6-18-14(17)12(5-16)13(9)8-19/h1-4,6H,7-8H2,(H2,17,18). The van der Waals surface area contributed by atoms with Gasteiger partial charge < -0.3 is 10.6 Å². The van der Waals surface area contributed by atoms with Gasteiger partial charge in [-0.15, -0.1) is 0 Å². The number of fused-ring (bicyclic) bond motifs is 1. The van der Waals surface area contributed by atoms with Crippen LogP contribution in [0.2, 0.25) is 0 Å². The summed E-state index contributed by atoms with van der Waals surface area (Å²) in [7, 11) is 0. The van der Waals surface area contributed by atoms with Crippen LogP contribution >= 0.6 is 0 Å². The summed E-state index contributed by atoms with van der Waals surface area (Å²) in [5, 5.41) is 9.14. The van der Waals surface area contributed by atoms with E-state index in [0.29, 0.717) is 18.7 Å². The molecule has 0 spiro atoms. The van der Waals surface area contributed by atoms with Crippen molar-refractivity contribution in [1.82, 2.24) is 4.98 Å². The average Bonchev–Trinajstić information content (AvgIpc) is 2.83. The molecule has 0 atom stereocenters. The van der Waals surface area contributed by atoms with E-state index >= 15 is 0 Å². The van der Waals surface area contributed by atoms with Crippen LogP contribution in [0.4, 0.5) is 15.9 Å². The number of halogens is 1. The van der Waals surface area contributed by atoms with E-state index in [0.717, 1.165) is 16.8 Å². The molecule has 94 valence electrons. The van der Waals surface area contributed by atoms with Crippen molar-refractivity contribution in [3.63, 3.8) is 0 Å². The van der Waals surface area contributed by atoms with Gasteiger partial charge in [-0.05, 0) is 35.4 Å². The summed E-state index contributed by atoms with van der Waals surface area (Å²) in [5.74, 6) is 0.00583. The van der Waals surface area contributed by atoms with Gasteiger partial charge in [0.15, 0.2) is 0 Å². The van der Waals surface area contributed by atoms with Crippen molar-refractivity contribution < 1.29 is 4.39 Å². The van der Waals surface area contributed by atoms with Gasteiger partial charge in [0.2, 0.25) is 0 Å². The number of benzene rings is 1. The predicted octanol–water partition coefficient (Wildman–Crippen LogP) is 2.19. The van der Waals surface area contributed by atoms with Crippen LogP contribution in [0.25, 0.3) is 0 Å². The van der Waals surface area contributed by atoms with Gasteiger partial charge >= 0.3 is 0 Å². The minimum Gasteiger partial charge on any atom is -0.383 e. The molecular weight excluding hydrogens is 243 g/mol. The molecule has 0 saturated carbocycles. The third-order valence-corrected chi connectivity index (χ3v) is 3.32. The predicted molar refractivity (Wildman–Crippen MR) is 69.7 cm³/mol. The Hall–Kier alpha value is -2.61.